The molecule has 2 aromatic carbocycles. The van der Waals surface area contributed by atoms with E-state index in [0.717, 1.165) is 17.1 Å². The molecule has 0 aliphatic carbocycles. The molecule has 1 aromatic heterocycles. The van der Waals surface area contributed by atoms with Crippen LogP contribution in [0, 0.1) is 0 Å². The zero-order valence-corrected chi connectivity index (χ0v) is 16.0. The van der Waals surface area contributed by atoms with Crippen LogP contribution in [0.1, 0.15) is 17.9 Å². The van der Waals surface area contributed by atoms with Gasteiger partial charge >= 0.3 is 0 Å². The molecule has 7 nitrogen and oxygen atoms in total. The van der Waals surface area contributed by atoms with Crippen LogP contribution in [0.5, 0.6) is 11.5 Å². The van der Waals surface area contributed by atoms with Crippen molar-refractivity contribution in [2.45, 2.75) is 19.4 Å². The quantitative estimate of drug-likeness (QED) is 0.628. The number of ether oxygens (including phenoxy) is 2. The first-order valence-electron chi connectivity index (χ1n) is 8.80. The molecule has 0 N–H and O–H groups in total. The molecular formula is C20H18ClN3O4. The number of aryl methyl sites for hydroxylation is 1. The summed E-state index contributed by atoms with van der Waals surface area (Å²) in [6.07, 6.45) is 0.968. The number of amides is 1. The molecule has 0 saturated carbocycles. The molecule has 144 valence electrons. The lowest BCUT2D eigenvalue weighted by atomic mass is 10.1. The minimum absolute atomic E-state index is 0.0184. The van der Waals surface area contributed by atoms with Crippen molar-refractivity contribution in [2.24, 2.45) is 0 Å². The first-order valence-corrected chi connectivity index (χ1v) is 9.18. The van der Waals surface area contributed by atoms with E-state index in [1.54, 1.807) is 18.0 Å². The van der Waals surface area contributed by atoms with Crippen molar-refractivity contribution in [3.63, 3.8) is 0 Å². The summed E-state index contributed by atoms with van der Waals surface area (Å²) in [6.45, 7) is 0.470. The summed E-state index contributed by atoms with van der Waals surface area (Å²) < 4.78 is 15.9. The molecule has 0 fully saturated rings. The van der Waals surface area contributed by atoms with Crippen LogP contribution in [-0.4, -0.2) is 34.8 Å². The number of aromatic nitrogens is 2. The molecule has 8 heteroatoms. The van der Waals surface area contributed by atoms with Gasteiger partial charge in [-0.15, -0.1) is 0 Å². The van der Waals surface area contributed by atoms with Crippen molar-refractivity contribution >= 4 is 17.5 Å². The molecule has 1 aliphatic rings. The normalized spacial score (nSPS) is 12.2. The molecule has 0 atom stereocenters. The molecule has 0 spiro atoms. The van der Waals surface area contributed by atoms with Gasteiger partial charge in [-0.1, -0.05) is 35.0 Å². The predicted octanol–water partition coefficient (Wildman–Crippen LogP) is 3.71. The van der Waals surface area contributed by atoms with Crippen molar-refractivity contribution in [3.05, 3.63) is 58.9 Å². The number of hydrogen-bond donors (Lipinski definition) is 0. The molecule has 0 saturated heterocycles. The molecule has 2 heterocycles. The maximum absolute atomic E-state index is 12.4. The summed E-state index contributed by atoms with van der Waals surface area (Å²) in [6, 6.07) is 13.0. The van der Waals surface area contributed by atoms with Gasteiger partial charge in [-0.2, -0.15) is 4.98 Å². The fraction of sp³-hybridized carbons (Fsp3) is 0.250. The summed E-state index contributed by atoms with van der Waals surface area (Å²) in [5, 5.41) is 4.50. The van der Waals surface area contributed by atoms with Crippen LogP contribution in [0.15, 0.2) is 47.0 Å². The molecule has 4 rings (SSSR count). The lowest BCUT2D eigenvalue weighted by Gasteiger charge is -2.14. The van der Waals surface area contributed by atoms with Gasteiger partial charge in [0, 0.05) is 19.0 Å². The maximum Gasteiger partial charge on any atom is 0.246 e. The molecule has 1 amide bonds. The van der Waals surface area contributed by atoms with E-state index in [-0.39, 0.29) is 19.2 Å². The van der Waals surface area contributed by atoms with Crippen LogP contribution in [0.3, 0.4) is 0 Å². The predicted molar refractivity (Wildman–Crippen MR) is 102 cm³/mol. The van der Waals surface area contributed by atoms with Crippen LogP contribution < -0.4 is 9.47 Å². The van der Waals surface area contributed by atoms with E-state index in [9.17, 15) is 4.79 Å². The van der Waals surface area contributed by atoms with Gasteiger partial charge in [0.05, 0.1) is 11.6 Å². The highest BCUT2D eigenvalue weighted by Crippen LogP contribution is 2.32. The fourth-order valence-corrected chi connectivity index (χ4v) is 3.12. The number of halogens is 1. The zero-order chi connectivity index (χ0) is 19.5. The van der Waals surface area contributed by atoms with Crippen molar-refractivity contribution in [1.82, 2.24) is 15.0 Å². The third kappa shape index (κ3) is 3.94. The second-order valence-corrected chi connectivity index (χ2v) is 6.84. The molecule has 28 heavy (non-hydrogen) atoms. The second kappa shape index (κ2) is 7.90. The van der Waals surface area contributed by atoms with E-state index in [4.69, 9.17) is 25.6 Å². The van der Waals surface area contributed by atoms with Crippen molar-refractivity contribution in [2.75, 3.05) is 13.8 Å². The van der Waals surface area contributed by atoms with Crippen molar-refractivity contribution in [3.8, 4) is 22.9 Å². The van der Waals surface area contributed by atoms with Gasteiger partial charge in [-0.3, -0.25) is 4.79 Å². The standard InChI is InChI=1S/C20H18ClN3O4/c1-24(11-18-22-20(23-28-18)14-4-2-3-5-15(14)21)19(25)9-7-13-6-8-16-17(10-13)27-12-26-16/h2-6,8,10H,7,9,11-12H2,1H3. The highest BCUT2D eigenvalue weighted by atomic mass is 35.5. The van der Waals surface area contributed by atoms with Crippen molar-refractivity contribution in [1.29, 1.82) is 0 Å². The van der Waals surface area contributed by atoms with Crippen LogP contribution in [0.4, 0.5) is 0 Å². The van der Waals surface area contributed by atoms with E-state index in [2.05, 4.69) is 10.1 Å². The van der Waals surface area contributed by atoms with E-state index in [0.29, 0.717) is 35.1 Å². The van der Waals surface area contributed by atoms with E-state index in [1.807, 2.05) is 36.4 Å². The third-order valence-corrected chi connectivity index (χ3v) is 4.78. The fourth-order valence-electron chi connectivity index (χ4n) is 2.90. The zero-order valence-electron chi connectivity index (χ0n) is 15.2. The first kappa shape index (κ1) is 18.3. The van der Waals surface area contributed by atoms with Gasteiger partial charge < -0.3 is 18.9 Å². The Morgan fingerprint density at radius 1 is 1.18 bits per heavy atom. The largest absolute Gasteiger partial charge is 0.454 e. The number of nitrogens with zero attached hydrogens (tertiary/aromatic N) is 3. The highest BCUT2D eigenvalue weighted by molar-refractivity contribution is 6.33. The van der Waals surface area contributed by atoms with Gasteiger partial charge in [0.25, 0.3) is 0 Å². The van der Waals surface area contributed by atoms with E-state index in [1.165, 1.54) is 0 Å². The van der Waals surface area contributed by atoms with Gasteiger partial charge in [-0.05, 0) is 36.2 Å². The van der Waals surface area contributed by atoms with E-state index >= 15 is 0 Å². The van der Waals surface area contributed by atoms with E-state index < -0.39 is 0 Å². The Balaban J connectivity index is 1.34. The first-order chi connectivity index (χ1) is 13.6. The molecular weight excluding hydrogens is 382 g/mol. The Hall–Kier alpha value is -3.06. The van der Waals surface area contributed by atoms with Crippen molar-refractivity contribution < 1.29 is 18.8 Å². The molecule has 3 aromatic rings. The van der Waals surface area contributed by atoms with Crippen LogP contribution >= 0.6 is 11.6 Å². The molecule has 0 unspecified atom stereocenters. The summed E-state index contributed by atoms with van der Waals surface area (Å²) in [7, 11) is 1.71. The Labute approximate surface area is 166 Å². The number of carbonyl (C=O) groups is 1. The Morgan fingerprint density at radius 2 is 2.00 bits per heavy atom. The van der Waals surface area contributed by atoms with Gasteiger partial charge in [0.1, 0.15) is 0 Å². The molecule has 0 radical (unpaired) electrons. The molecule has 0 bridgehead atoms. The van der Waals surface area contributed by atoms with Gasteiger partial charge in [-0.25, -0.2) is 0 Å². The Morgan fingerprint density at radius 3 is 2.86 bits per heavy atom. The summed E-state index contributed by atoms with van der Waals surface area (Å²) >= 11 is 6.16. The SMILES string of the molecule is CN(Cc1nc(-c2ccccc2Cl)no1)C(=O)CCc1ccc2c(c1)OCO2. The number of carbonyl (C=O) groups excluding carboxylic acids is 1. The third-order valence-electron chi connectivity index (χ3n) is 4.45. The Bertz CT molecular complexity index is 1000. The van der Waals surface area contributed by atoms with Gasteiger partial charge in [0.2, 0.25) is 24.4 Å². The lowest BCUT2D eigenvalue weighted by molar-refractivity contribution is -0.130. The molecule has 1 aliphatic heterocycles. The maximum atomic E-state index is 12.4. The van der Waals surface area contributed by atoms with Gasteiger partial charge in [0.15, 0.2) is 11.5 Å². The highest BCUT2D eigenvalue weighted by Gasteiger charge is 2.17. The number of benzene rings is 2. The smallest absolute Gasteiger partial charge is 0.246 e. The van der Waals surface area contributed by atoms with Crippen LogP contribution in [0.2, 0.25) is 5.02 Å². The summed E-state index contributed by atoms with van der Waals surface area (Å²) in [5.41, 5.74) is 1.71. The summed E-state index contributed by atoms with van der Waals surface area (Å²) in [4.78, 5) is 18.3. The second-order valence-electron chi connectivity index (χ2n) is 6.43. The minimum Gasteiger partial charge on any atom is -0.454 e. The monoisotopic (exact) mass is 399 g/mol. The number of hydrogen-bond acceptors (Lipinski definition) is 6. The average Bonchev–Trinajstić information content (AvgIpc) is 3.35. The number of fused-ring (bicyclic) bond motifs is 1. The lowest BCUT2D eigenvalue weighted by Crippen LogP contribution is -2.26. The van der Waals surface area contributed by atoms with Crippen LogP contribution in [-0.2, 0) is 17.8 Å². The van der Waals surface area contributed by atoms with Crippen LogP contribution in [0.25, 0.3) is 11.4 Å². The summed E-state index contributed by atoms with van der Waals surface area (Å²) in [5.74, 6) is 2.19. The topological polar surface area (TPSA) is 77.7 Å². The average molecular weight is 400 g/mol. The minimum atomic E-state index is -0.0184. The Kier molecular flexibility index (Phi) is 5.16. The number of rotatable bonds is 6.